The Bertz CT molecular complexity index is 676. The summed E-state index contributed by atoms with van der Waals surface area (Å²) in [6.45, 7) is 4.91. The van der Waals surface area contributed by atoms with Crippen molar-refractivity contribution < 1.29 is 17.9 Å². The summed E-state index contributed by atoms with van der Waals surface area (Å²) in [5, 5.41) is 6.73. The fourth-order valence-corrected chi connectivity index (χ4v) is 5.27. The van der Waals surface area contributed by atoms with Gasteiger partial charge in [0.2, 0.25) is 0 Å². The van der Waals surface area contributed by atoms with Crippen LogP contribution in [0.3, 0.4) is 0 Å². The predicted octanol–water partition coefficient (Wildman–Crippen LogP) is 3.24. The van der Waals surface area contributed by atoms with Crippen molar-refractivity contribution in [2.75, 3.05) is 57.9 Å². The molecular weight excluding hydrogens is 528 g/mol. The number of nitrogens with zero attached hydrogens (tertiary/aromatic N) is 2. The SMILES string of the molecule is CN=C(NCCc1ccc(C(F)(F)F)cc1)NCC1(N2CCOCC2)CCSC1.I. The molecule has 0 bridgehead atoms. The van der Waals surface area contributed by atoms with E-state index in [0.717, 1.165) is 68.7 Å². The lowest BCUT2D eigenvalue weighted by Crippen LogP contribution is -2.60. The summed E-state index contributed by atoms with van der Waals surface area (Å²) >= 11 is 1.99. The average molecular weight is 558 g/mol. The number of rotatable bonds is 6. The van der Waals surface area contributed by atoms with Gasteiger partial charge in [-0.25, -0.2) is 0 Å². The molecule has 0 aromatic heterocycles. The first-order valence-electron chi connectivity index (χ1n) is 9.94. The van der Waals surface area contributed by atoms with E-state index in [9.17, 15) is 13.2 Å². The van der Waals surface area contributed by atoms with Gasteiger partial charge in [0.25, 0.3) is 0 Å². The van der Waals surface area contributed by atoms with Crippen LogP contribution in [0.5, 0.6) is 0 Å². The fraction of sp³-hybridized carbons (Fsp3) is 0.650. The number of morpholine rings is 1. The van der Waals surface area contributed by atoms with Gasteiger partial charge in [0.1, 0.15) is 0 Å². The molecule has 1 aromatic carbocycles. The molecule has 2 fully saturated rings. The highest BCUT2D eigenvalue weighted by Crippen LogP contribution is 2.33. The monoisotopic (exact) mass is 558 g/mol. The van der Waals surface area contributed by atoms with Crippen molar-refractivity contribution in [2.45, 2.75) is 24.6 Å². The van der Waals surface area contributed by atoms with Crippen LogP contribution in [0.2, 0.25) is 0 Å². The van der Waals surface area contributed by atoms with Crippen molar-refractivity contribution in [1.82, 2.24) is 15.5 Å². The topological polar surface area (TPSA) is 48.9 Å². The molecule has 2 aliphatic rings. The summed E-state index contributed by atoms with van der Waals surface area (Å²) in [6, 6.07) is 5.33. The third-order valence-corrected chi connectivity index (χ3v) is 6.79. The molecule has 1 aromatic rings. The normalized spacial score (nSPS) is 23.1. The Morgan fingerprint density at radius 3 is 2.47 bits per heavy atom. The van der Waals surface area contributed by atoms with Gasteiger partial charge in [-0.3, -0.25) is 9.89 Å². The maximum atomic E-state index is 12.7. The lowest BCUT2D eigenvalue weighted by Gasteiger charge is -2.43. The number of hydrogen-bond donors (Lipinski definition) is 2. The molecule has 170 valence electrons. The van der Waals surface area contributed by atoms with Crippen molar-refractivity contribution in [3.05, 3.63) is 35.4 Å². The lowest BCUT2D eigenvalue weighted by atomic mass is 9.95. The van der Waals surface area contributed by atoms with Gasteiger partial charge in [0, 0.05) is 44.5 Å². The average Bonchev–Trinajstić information content (AvgIpc) is 3.21. The van der Waals surface area contributed by atoms with Crippen molar-refractivity contribution in [2.24, 2.45) is 4.99 Å². The Morgan fingerprint density at radius 1 is 1.20 bits per heavy atom. The Kier molecular flexibility index (Phi) is 10.0. The Labute approximate surface area is 197 Å². The molecule has 2 saturated heterocycles. The number of aliphatic imine (C=N–C) groups is 1. The highest BCUT2D eigenvalue weighted by molar-refractivity contribution is 14.0. The first-order valence-corrected chi connectivity index (χ1v) is 11.1. The predicted molar refractivity (Wildman–Crippen MR) is 127 cm³/mol. The maximum Gasteiger partial charge on any atom is 0.416 e. The number of thioether (sulfide) groups is 1. The van der Waals surface area contributed by atoms with E-state index in [1.54, 1.807) is 7.05 Å². The molecule has 2 aliphatic heterocycles. The lowest BCUT2D eigenvalue weighted by molar-refractivity contribution is -0.137. The number of nitrogens with one attached hydrogen (secondary N) is 2. The number of benzene rings is 1. The largest absolute Gasteiger partial charge is 0.416 e. The van der Waals surface area contributed by atoms with Gasteiger partial charge < -0.3 is 15.4 Å². The molecule has 30 heavy (non-hydrogen) atoms. The van der Waals surface area contributed by atoms with E-state index in [0.29, 0.717) is 13.0 Å². The van der Waals surface area contributed by atoms with Gasteiger partial charge in [-0.2, -0.15) is 24.9 Å². The maximum absolute atomic E-state index is 12.7. The Balaban J connectivity index is 0.00000320. The van der Waals surface area contributed by atoms with E-state index >= 15 is 0 Å². The van der Waals surface area contributed by atoms with Gasteiger partial charge in [-0.1, -0.05) is 12.1 Å². The van der Waals surface area contributed by atoms with Crippen molar-refractivity contribution >= 4 is 41.7 Å². The van der Waals surface area contributed by atoms with Crippen LogP contribution in [0.25, 0.3) is 0 Å². The van der Waals surface area contributed by atoms with E-state index in [1.165, 1.54) is 17.9 Å². The van der Waals surface area contributed by atoms with Crippen LogP contribution in [0.4, 0.5) is 13.2 Å². The van der Waals surface area contributed by atoms with Crippen LogP contribution in [0.1, 0.15) is 17.5 Å². The molecule has 0 spiro atoms. The Morgan fingerprint density at radius 2 is 1.90 bits per heavy atom. The zero-order valence-electron chi connectivity index (χ0n) is 17.1. The van der Waals surface area contributed by atoms with Gasteiger partial charge in [0.05, 0.1) is 18.8 Å². The summed E-state index contributed by atoms with van der Waals surface area (Å²) in [5.41, 5.74) is 0.368. The summed E-state index contributed by atoms with van der Waals surface area (Å²) in [6.07, 6.45) is -2.52. The van der Waals surface area contributed by atoms with Gasteiger partial charge in [-0.15, -0.1) is 24.0 Å². The molecule has 10 heteroatoms. The molecule has 0 radical (unpaired) electrons. The van der Waals surface area contributed by atoms with E-state index < -0.39 is 11.7 Å². The number of guanidine groups is 1. The second-order valence-electron chi connectivity index (χ2n) is 7.42. The molecule has 5 nitrogen and oxygen atoms in total. The first kappa shape index (κ1) is 25.5. The summed E-state index contributed by atoms with van der Waals surface area (Å²) in [4.78, 5) is 6.84. The highest BCUT2D eigenvalue weighted by Gasteiger charge is 2.40. The van der Waals surface area contributed by atoms with Crippen LogP contribution in [0, 0.1) is 0 Å². The molecule has 0 saturated carbocycles. The summed E-state index contributed by atoms with van der Waals surface area (Å²) < 4.78 is 43.5. The molecule has 2 heterocycles. The molecule has 1 unspecified atom stereocenters. The molecule has 2 N–H and O–H groups in total. The summed E-state index contributed by atoms with van der Waals surface area (Å²) in [5.74, 6) is 2.99. The second-order valence-corrected chi connectivity index (χ2v) is 8.53. The fourth-order valence-electron chi connectivity index (χ4n) is 3.79. The number of halogens is 4. The van der Waals surface area contributed by atoms with Gasteiger partial charge >= 0.3 is 6.18 Å². The second kappa shape index (κ2) is 11.8. The zero-order chi connectivity index (χ0) is 20.7. The Hall–Kier alpha value is -0.720. The molecular formula is C20H30F3IN4OS. The van der Waals surface area contributed by atoms with Crippen molar-refractivity contribution in [1.29, 1.82) is 0 Å². The van der Waals surface area contributed by atoms with Crippen LogP contribution in [0.15, 0.2) is 29.3 Å². The van der Waals surface area contributed by atoms with E-state index in [2.05, 4.69) is 20.5 Å². The van der Waals surface area contributed by atoms with E-state index in [1.807, 2.05) is 11.8 Å². The van der Waals surface area contributed by atoms with Crippen molar-refractivity contribution in [3.8, 4) is 0 Å². The minimum Gasteiger partial charge on any atom is -0.379 e. The third kappa shape index (κ3) is 6.89. The van der Waals surface area contributed by atoms with Gasteiger partial charge in [0.15, 0.2) is 5.96 Å². The number of alkyl halides is 3. The third-order valence-electron chi connectivity index (χ3n) is 5.56. The van der Waals surface area contributed by atoms with Crippen LogP contribution < -0.4 is 10.6 Å². The number of hydrogen-bond acceptors (Lipinski definition) is 4. The smallest absolute Gasteiger partial charge is 0.379 e. The zero-order valence-corrected chi connectivity index (χ0v) is 20.3. The van der Waals surface area contributed by atoms with Crippen LogP contribution >= 0.6 is 35.7 Å². The van der Waals surface area contributed by atoms with Gasteiger partial charge in [-0.05, 0) is 36.3 Å². The highest BCUT2D eigenvalue weighted by atomic mass is 127. The van der Waals surface area contributed by atoms with Crippen LogP contribution in [-0.4, -0.2) is 74.3 Å². The summed E-state index contributed by atoms with van der Waals surface area (Å²) in [7, 11) is 1.73. The minimum atomic E-state index is -4.29. The standard InChI is InChI=1S/C20H29F3N4OS.HI/c1-24-18(25-8-6-16-2-4-17(5-3-16)20(21,22)23)26-14-19(7-13-29-15-19)27-9-11-28-12-10-27;/h2-5H,6-15H2,1H3,(H2,24,25,26);1H. The molecule has 1 atom stereocenters. The minimum absolute atomic E-state index is 0. The molecule has 0 amide bonds. The molecule has 3 rings (SSSR count). The van der Waals surface area contributed by atoms with Crippen LogP contribution in [-0.2, 0) is 17.3 Å². The van der Waals surface area contributed by atoms with Crippen molar-refractivity contribution in [3.63, 3.8) is 0 Å². The van der Waals surface area contributed by atoms with E-state index in [-0.39, 0.29) is 29.5 Å². The number of ether oxygens (including phenoxy) is 1. The molecule has 0 aliphatic carbocycles. The van der Waals surface area contributed by atoms with E-state index in [4.69, 9.17) is 4.74 Å². The first-order chi connectivity index (χ1) is 13.9. The quantitative estimate of drug-likeness (QED) is 0.319.